The van der Waals surface area contributed by atoms with Crippen molar-refractivity contribution in [2.24, 2.45) is 11.7 Å². The lowest BCUT2D eigenvalue weighted by Crippen LogP contribution is -2.52. The third-order valence-electron chi connectivity index (χ3n) is 4.61. The Labute approximate surface area is 137 Å². The molecule has 0 aliphatic carbocycles. The molecule has 0 spiro atoms. The van der Waals surface area contributed by atoms with Crippen molar-refractivity contribution in [2.75, 3.05) is 64.4 Å². The summed E-state index contributed by atoms with van der Waals surface area (Å²) in [7, 11) is 0. The van der Waals surface area contributed by atoms with Crippen LogP contribution in [0.5, 0.6) is 0 Å². The second-order valence-electron chi connectivity index (χ2n) is 6.18. The standard InChI is InChI=1S/C15H28N4O2S/c1-22-11-10-17-6-8-19(9-7-17)15(21)13-2-4-18(5-3-13)12-14(16)20/h13H,2-12H2,1H3,(H2,16,20). The second-order valence-corrected chi connectivity index (χ2v) is 7.16. The van der Waals surface area contributed by atoms with E-state index in [4.69, 9.17) is 5.73 Å². The number of likely N-dealkylation sites (tertiary alicyclic amines) is 1. The third kappa shape index (κ3) is 5.14. The zero-order valence-corrected chi connectivity index (χ0v) is 14.3. The van der Waals surface area contributed by atoms with Gasteiger partial charge in [-0.25, -0.2) is 0 Å². The van der Waals surface area contributed by atoms with Gasteiger partial charge in [0.2, 0.25) is 11.8 Å². The van der Waals surface area contributed by atoms with E-state index in [0.29, 0.717) is 12.5 Å². The summed E-state index contributed by atoms with van der Waals surface area (Å²) in [5, 5.41) is 0. The molecule has 0 saturated carbocycles. The number of amides is 2. The fourth-order valence-corrected chi connectivity index (χ4v) is 3.67. The van der Waals surface area contributed by atoms with Crippen LogP contribution in [0, 0.1) is 5.92 Å². The number of carbonyl (C=O) groups excluding carboxylic acids is 2. The van der Waals surface area contributed by atoms with Gasteiger partial charge in [-0.2, -0.15) is 11.8 Å². The quantitative estimate of drug-likeness (QED) is 0.724. The Kier molecular flexibility index (Phi) is 6.98. The van der Waals surface area contributed by atoms with Crippen molar-refractivity contribution in [3.63, 3.8) is 0 Å². The van der Waals surface area contributed by atoms with Gasteiger partial charge in [-0.3, -0.25) is 19.4 Å². The van der Waals surface area contributed by atoms with E-state index >= 15 is 0 Å². The van der Waals surface area contributed by atoms with E-state index in [1.165, 1.54) is 0 Å². The molecule has 0 aromatic rings. The van der Waals surface area contributed by atoms with Gasteiger partial charge in [0.25, 0.3) is 0 Å². The molecule has 2 aliphatic rings. The zero-order chi connectivity index (χ0) is 15.9. The molecule has 2 heterocycles. The van der Waals surface area contributed by atoms with Crippen LogP contribution in [0.15, 0.2) is 0 Å². The first kappa shape index (κ1) is 17.6. The van der Waals surface area contributed by atoms with E-state index < -0.39 is 0 Å². The maximum atomic E-state index is 12.6. The van der Waals surface area contributed by atoms with Gasteiger partial charge < -0.3 is 10.6 Å². The van der Waals surface area contributed by atoms with Crippen molar-refractivity contribution in [3.8, 4) is 0 Å². The average Bonchev–Trinajstić information content (AvgIpc) is 2.53. The Morgan fingerprint density at radius 2 is 1.68 bits per heavy atom. The molecule has 0 radical (unpaired) electrons. The molecule has 2 N–H and O–H groups in total. The van der Waals surface area contributed by atoms with Crippen LogP contribution in [-0.4, -0.2) is 90.9 Å². The number of hydrogen-bond acceptors (Lipinski definition) is 5. The van der Waals surface area contributed by atoms with E-state index in [0.717, 1.165) is 64.4 Å². The molecule has 126 valence electrons. The minimum atomic E-state index is -0.286. The molecule has 2 saturated heterocycles. The van der Waals surface area contributed by atoms with E-state index in [1.54, 1.807) is 0 Å². The Morgan fingerprint density at radius 3 is 2.23 bits per heavy atom. The highest BCUT2D eigenvalue weighted by Gasteiger charge is 2.30. The molecule has 0 unspecified atom stereocenters. The number of carbonyl (C=O) groups is 2. The first-order chi connectivity index (χ1) is 10.6. The lowest BCUT2D eigenvalue weighted by molar-refractivity contribution is -0.138. The summed E-state index contributed by atoms with van der Waals surface area (Å²) >= 11 is 1.87. The van der Waals surface area contributed by atoms with Crippen LogP contribution in [0.4, 0.5) is 0 Å². The normalized spacial score (nSPS) is 22.0. The van der Waals surface area contributed by atoms with E-state index in [1.807, 2.05) is 21.6 Å². The molecular weight excluding hydrogens is 300 g/mol. The van der Waals surface area contributed by atoms with Gasteiger partial charge in [0.1, 0.15) is 0 Å². The summed E-state index contributed by atoms with van der Waals surface area (Å²) < 4.78 is 0. The smallest absolute Gasteiger partial charge is 0.231 e. The lowest BCUT2D eigenvalue weighted by Gasteiger charge is -2.38. The number of nitrogens with zero attached hydrogens (tertiary/aromatic N) is 3. The van der Waals surface area contributed by atoms with Crippen LogP contribution in [0.25, 0.3) is 0 Å². The van der Waals surface area contributed by atoms with Gasteiger partial charge in [-0.1, -0.05) is 0 Å². The summed E-state index contributed by atoms with van der Waals surface area (Å²) in [4.78, 5) is 30.1. The number of piperazine rings is 1. The van der Waals surface area contributed by atoms with Gasteiger partial charge in [0, 0.05) is 44.4 Å². The van der Waals surface area contributed by atoms with Crippen molar-refractivity contribution < 1.29 is 9.59 Å². The number of thioether (sulfide) groups is 1. The summed E-state index contributed by atoms with van der Waals surface area (Å²) in [6.45, 7) is 6.73. The van der Waals surface area contributed by atoms with Crippen LogP contribution in [0.1, 0.15) is 12.8 Å². The SMILES string of the molecule is CSCCN1CCN(C(=O)C2CCN(CC(N)=O)CC2)CC1. The van der Waals surface area contributed by atoms with E-state index in [2.05, 4.69) is 11.2 Å². The molecular formula is C15H28N4O2S. The minimum Gasteiger partial charge on any atom is -0.369 e. The van der Waals surface area contributed by atoms with Crippen LogP contribution in [-0.2, 0) is 9.59 Å². The summed E-state index contributed by atoms with van der Waals surface area (Å²) in [5.41, 5.74) is 5.22. The molecule has 6 nitrogen and oxygen atoms in total. The number of nitrogens with two attached hydrogens (primary N) is 1. The Hall–Kier alpha value is -0.790. The highest BCUT2D eigenvalue weighted by molar-refractivity contribution is 7.98. The molecule has 2 amide bonds. The van der Waals surface area contributed by atoms with Gasteiger partial charge in [0.15, 0.2) is 0 Å². The maximum absolute atomic E-state index is 12.6. The molecule has 0 bridgehead atoms. The fraction of sp³-hybridized carbons (Fsp3) is 0.867. The third-order valence-corrected chi connectivity index (χ3v) is 5.20. The van der Waals surface area contributed by atoms with Crippen LogP contribution in [0.3, 0.4) is 0 Å². The summed E-state index contributed by atoms with van der Waals surface area (Å²) in [6, 6.07) is 0. The number of piperidine rings is 1. The van der Waals surface area contributed by atoms with Crippen molar-refractivity contribution in [3.05, 3.63) is 0 Å². The molecule has 2 fully saturated rings. The predicted molar refractivity (Wildman–Crippen MR) is 89.8 cm³/mol. The first-order valence-electron chi connectivity index (χ1n) is 8.11. The Morgan fingerprint density at radius 1 is 1.05 bits per heavy atom. The van der Waals surface area contributed by atoms with Gasteiger partial charge in [0.05, 0.1) is 6.54 Å². The monoisotopic (exact) mass is 328 g/mol. The summed E-state index contributed by atoms with van der Waals surface area (Å²) in [6.07, 6.45) is 3.82. The van der Waals surface area contributed by atoms with Crippen molar-refractivity contribution in [1.29, 1.82) is 0 Å². The molecule has 2 rings (SSSR count). The molecule has 0 aromatic carbocycles. The Balaban J connectivity index is 1.71. The van der Waals surface area contributed by atoms with Crippen LogP contribution in [0.2, 0.25) is 0 Å². The first-order valence-corrected chi connectivity index (χ1v) is 9.50. The van der Waals surface area contributed by atoms with E-state index in [9.17, 15) is 9.59 Å². The molecule has 0 atom stereocenters. The molecule has 0 aromatic heterocycles. The van der Waals surface area contributed by atoms with Crippen LogP contribution < -0.4 is 5.73 Å². The van der Waals surface area contributed by atoms with Crippen molar-refractivity contribution in [2.45, 2.75) is 12.8 Å². The topological polar surface area (TPSA) is 69.9 Å². The number of primary amides is 1. The summed E-state index contributed by atoms with van der Waals surface area (Å²) in [5.74, 6) is 1.31. The van der Waals surface area contributed by atoms with Gasteiger partial charge >= 0.3 is 0 Å². The number of rotatable bonds is 6. The second kappa shape index (κ2) is 8.74. The fourth-order valence-electron chi connectivity index (χ4n) is 3.23. The molecule has 22 heavy (non-hydrogen) atoms. The van der Waals surface area contributed by atoms with Crippen molar-refractivity contribution >= 4 is 23.6 Å². The molecule has 2 aliphatic heterocycles. The van der Waals surface area contributed by atoms with Crippen LogP contribution >= 0.6 is 11.8 Å². The molecule has 7 heteroatoms. The Bertz CT molecular complexity index is 378. The lowest BCUT2D eigenvalue weighted by atomic mass is 9.95. The minimum absolute atomic E-state index is 0.127. The predicted octanol–water partition coefficient (Wildman–Crippen LogP) is -0.309. The zero-order valence-electron chi connectivity index (χ0n) is 13.5. The highest BCUT2D eigenvalue weighted by atomic mass is 32.2. The van der Waals surface area contributed by atoms with E-state index in [-0.39, 0.29) is 11.8 Å². The highest BCUT2D eigenvalue weighted by Crippen LogP contribution is 2.20. The average molecular weight is 328 g/mol. The van der Waals surface area contributed by atoms with Gasteiger partial charge in [-0.05, 0) is 32.2 Å². The van der Waals surface area contributed by atoms with Crippen molar-refractivity contribution in [1.82, 2.24) is 14.7 Å². The maximum Gasteiger partial charge on any atom is 0.231 e. The largest absolute Gasteiger partial charge is 0.369 e. The number of hydrogen-bond donors (Lipinski definition) is 1. The van der Waals surface area contributed by atoms with Gasteiger partial charge in [-0.15, -0.1) is 0 Å².